The van der Waals surface area contributed by atoms with Crippen LogP contribution in [0.15, 0.2) is 0 Å². The van der Waals surface area contributed by atoms with Gasteiger partial charge >= 0.3 is 0 Å². The third-order valence-corrected chi connectivity index (χ3v) is 5.48. The van der Waals surface area contributed by atoms with E-state index in [9.17, 15) is 9.59 Å². The van der Waals surface area contributed by atoms with E-state index in [1.54, 1.807) is 0 Å². The van der Waals surface area contributed by atoms with Crippen molar-refractivity contribution in [2.45, 2.75) is 57.4 Å². The van der Waals surface area contributed by atoms with Gasteiger partial charge in [0.2, 0.25) is 11.8 Å². The molecular weight excluding hydrogens is 314 g/mol. The molecule has 2 N–H and O–H groups in total. The van der Waals surface area contributed by atoms with E-state index in [1.807, 2.05) is 4.90 Å². The highest BCUT2D eigenvalue weighted by atomic mass is 35.5. The summed E-state index contributed by atoms with van der Waals surface area (Å²) < 4.78 is 0. The van der Waals surface area contributed by atoms with Crippen molar-refractivity contribution < 1.29 is 9.59 Å². The van der Waals surface area contributed by atoms with Crippen LogP contribution in [0.5, 0.6) is 0 Å². The van der Waals surface area contributed by atoms with Gasteiger partial charge in [0.05, 0.1) is 0 Å². The van der Waals surface area contributed by atoms with Crippen molar-refractivity contribution in [3.8, 4) is 0 Å². The van der Waals surface area contributed by atoms with Crippen molar-refractivity contribution in [1.29, 1.82) is 0 Å². The number of rotatable bonds is 3. The van der Waals surface area contributed by atoms with Gasteiger partial charge in [0.25, 0.3) is 0 Å². The molecule has 132 valence electrons. The van der Waals surface area contributed by atoms with Gasteiger partial charge in [-0.25, -0.2) is 0 Å². The summed E-state index contributed by atoms with van der Waals surface area (Å²) in [5.41, 5.74) is 0. The van der Waals surface area contributed by atoms with Gasteiger partial charge in [-0.1, -0.05) is 12.8 Å². The lowest BCUT2D eigenvalue weighted by Crippen LogP contribution is -2.50. The molecule has 2 amide bonds. The maximum absolute atomic E-state index is 12.7. The van der Waals surface area contributed by atoms with Gasteiger partial charge < -0.3 is 15.5 Å². The van der Waals surface area contributed by atoms with E-state index >= 15 is 0 Å². The molecule has 6 heteroatoms. The first-order valence-corrected chi connectivity index (χ1v) is 9.05. The molecule has 1 aliphatic carbocycles. The molecule has 0 spiro atoms. The molecule has 3 unspecified atom stereocenters. The average Bonchev–Trinajstić information content (AvgIpc) is 3.09. The van der Waals surface area contributed by atoms with Gasteiger partial charge in [-0.05, 0) is 45.1 Å². The van der Waals surface area contributed by atoms with Crippen LogP contribution < -0.4 is 10.6 Å². The number of hydrogen-bond acceptors (Lipinski definition) is 3. The van der Waals surface area contributed by atoms with Crippen molar-refractivity contribution in [1.82, 2.24) is 15.5 Å². The van der Waals surface area contributed by atoms with E-state index in [-0.39, 0.29) is 42.1 Å². The van der Waals surface area contributed by atoms with Crippen LogP contribution in [0, 0.1) is 11.8 Å². The summed E-state index contributed by atoms with van der Waals surface area (Å²) in [5.74, 6) is 0.164. The molecule has 5 nitrogen and oxygen atoms in total. The van der Waals surface area contributed by atoms with Gasteiger partial charge in [0.15, 0.2) is 0 Å². The quantitative estimate of drug-likeness (QED) is 0.820. The van der Waals surface area contributed by atoms with Gasteiger partial charge in [0.1, 0.15) is 0 Å². The van der Waals surface area contributed by atoms with Crippen molar-refractivity contribution in [3.63, 3.8) is 0 Å². The third-order valence-electron chi connectivity index (χ3n) is 5.48. The van der Waals surface area contributed by atoms with Crippen LogP contribution in [0.1, 0.15) is 51.4 Å². The Morgan fingerprint density at radius 2 is 1.61 bits per heavy atom. The summed E-state index contributed by atoms with van der Waals surface area (Å²) in [7, 11) is 0. The summed E-state index contributed by atoms with van der Waals surface area (Å²) in [6.07, 6.45) is 8.31. The maximum atomic E-state index is 12.7. The Morgan fingerprint density at radius 3 is 2.26 bits per heavy atom. The Bertz CT molecular complexity index is 407. The van der Waals surface area contributed by atoms with E-state index in [0.717, 1.165) is 77.5 Å². The van der Waals surface area contributed by atoms with E-state index in [2.05, 4.69) is 10.6 Å². The lowest BCUT2D eigenvalue weighted by Gasteiger charge is -2.34. The molecule has 3 aliphatic rings. The zero-order valence-corrected chi connectivity index (χ0v) is 14.7. The minimum Gasteiger partial charge on any atom is -0.352 e. The molecular formula is C17H30ClN3O2. The number of halogens is 1. The zero-order valence-electron chi connectivity index (χ0n) is 13.9. The number of amides is 2. The zero-order chi connectivity index (χ0) is 15.4. The van der Waals surface area contributed by atoms with E-state index in [0.29, 0.717) is 0 Å². The average molecular weight is 344 g/mol. The number of nitrogens with one attached hydrogen (secondary N) is 2. The number of carbonyl (C=O) groups is 2. The van der Waals surface area contributed by atoms with E-state index < -0.39 is 0 Å². The third kappa shape index (κ3) is 4.60. The van der Waals surface area contributed by atoms with E-state index in [4.69, 9.17) is 0 Å². The number of nitrogens with zero attached hydrogens (tertiary/aromatic N) is 1. The molecule has 0 aromatic heterocycles. The number of likely N-dealkylation sites (tertiary alicyclic amines) is 1. The molecule has 0 radical (unpaired) electrons. The van der Waals surface area contributed by atoms with Crippen LogP contribution >= 0.6 is 12.4 Å². The van der Waals surface area contributed by atoms with Gasteiger partial charge in [0, 0.05) is 37.5 Å². The normalized spacial score (nSPS) is 31.3. The lowest BCUT2D eigenvalue weighted by molar-refractivity contribution is -0.143. The second-order valence-electron chi connectivity index (χ2n) is 7.08. The lowest BCUT2D eigenvalue weighted by atomic mass is 9.77. The summed E-state index contributed by atoms with van der Waals surface area (Å²) in [6.45, 7) is 3.68. The van der Waals surface area contributed by atoms with Crippen LogP contribution in [0.4, 0.5) is 0 Å². The highest BCUT2D eigenvalue weighted by molar-refractivity contribution is 5.88. The molecule has 2 heterocycles. The molecule has 1 saturated carbocycles. The Hall–Kier alpha value is -0.810. The highest BCUT2D eigenvalue weighted by Gasteiger charge is 2.38. The van der Waals surface area contributed by atoms with Crippen LogP contribution in [0.2, 0.25) is 0 Å². The molecule has 2 aliphatic heterocycles. The SMILES string of the molecule is Cl.O=C(NC1CCCNC1)C1CCCCC1C(=O)N1CCCC1. The van der Waals surface area contributed by atoms with Gasteiger partial charge in [-0.15, -0.1) is 12.4 Å². The van der Waals surface area contributed by atoms with Crippen molar-refractivity contribution in [3.05, 3.63) is 0 Å². The standard InChI is InChI=1S/C17H29N3O2.ClH/c21-16(19-13-6-5-9-18-12-13)14-7-1-2-8-15(14)17(22)20-10-3-4-11-20;/h13-15,18H,1-12H2,(H,19,21);1H. The largest absolute Gasteiger partial charge is 0.352 e. The fourth-order valence-corrected chi connectivity index (χ4v) is 4.20. The second-order valence-corrected chi connectivity index (χ2v) is 7.08. The summed E-state index contributed by atoms with van der Waals surface area (Å²) in [4.78, 5) is 27.4. The Labute approximate surface area is 145 Å². The monoisotopic (exact) mass is 343 g/mol. The first kappa shape index (κ1) is 18.5. The van der Waals surface area contributed by atoms with Crippen LogP contribution in [-0.4, -0.2) is 48.9 Å². The number of hydrogen-bond donors (Lipinski definition) is 2. The first-order chi connectivity index (χ1) is 10.8. The Kier molecular flexibility index (Phi) is 7.15. The molecule has 0 aromatic carbocycles. The van der Waals surface area contributed by atoms with Crippen molar-refractivity contribution >= 4 is 24.2 Å². The molecule has 2 saturated heterocycles. The molecule has 3 rings (SSSR count). The molecule has 23 heavy (non-hydrogen) atoms. The Morgan fingerprint density at radius 1 is 0.913 bits per heavy atom. The highest BCUT2D eigenvalue weighted by Crippen LogP contribution is 2.32. The predicted molar refractivity (Wildman–Crippen MR) is 92.5 cm³/mol. The number of carbonyl (C=O) groups excluding carboxylic acids is 2. The number of piperidine rings is 1. The summed E-state index contributed by atoms with van der Waals surface area (Å²) in [5, 5.41) is 6.52. The van der Waals surface area contributed by atoms with Gasteiger partial charge in [-0.2, -0.15) is 0 Å². The van der Waals surface area contributed by atoms with Crippen LogP contribution in [0.25, 0.3) is 0 Å². The molecule has 3 fully saturated rings. The molecule has 3 atom stereocenters. The first-order valence-electron chi connectivity index (χ1n) is 9.05. The Balaban J connectivity index is 0.00000192. The van der Waals surface area contributed by atoms with Crippen molar-refractivity contribution in [2.75, 3.05) is 26.2 Å². The molecule has 0 aromatic rings. The predicted octanol–water partition coefficient (Wildman–Crippen LogP) is 1.71. The second kappa shape index (κ2) is 8.88. The van der Waals surface area contributed by atoms with E-state index in [1.165, 1.54) is 0 Å². The fraction of sp³-hybridized carbons (Fsp3) is 0.882. The maximum Gasteiger partial charge on any atom is 0.226 e. The van der Waals surface area contributed by atoms with Crippen LogP contribution in [-0.2, 0) is 9.59 Å². The minimum atomic E-state index is -0.108. The smallest absolute Gasteiger partial charge is 0.226 e. The van der Waals surface area contributed by atoms with Crippen LogP contribution in [0.3, 0.4) is 0 Å². The fourth-order valence-electron chi connectivity index (χ4n) is 4.20. The topological polar surface area (TPSA) is 61.4 Å². The minimum absolute atomic E-state index is 0. The van der Waals surface area contributed by atoms with Gasteiger partial charge in [-0.3, -0.25) is 9.59 Å². The summed E-state index contributed by atoms with van der Waals surface area (Å²) in [6, 6.07) is 0.241. The molecule has 0 bridgehead atoms. The summed E-state index contributed by atoms with van der Waals surface area (Å²) >= 11 is 0. The van der Waals surface area contributed by atoms with Crippen molar-refractivity contribution in [2.24, 2.45) is 11.8 Å².